The molecule has 9 nitrogen and oxygen atoms in total. The third-order valence-electron chi connectivity index (χ3n) is 9.69. The molecule has 1 unspecified atom stereocenters. The van der Waals surface area contributed by atoms with E-state index >= 15 is 0 Å². The van der Waals surface area contributed by atoms with Crippen molar-refractivity contribution in [1.82, 2.24) is 4.90 Å². The van der Waals surface area contributed by atoms with Crippen molar-refractivity contribution in [2.75, 3.05) is 45.0 Å². The predicted octanol–water partition coefficient (Wildman–Crippen LogP) is 7.17. The summed E-state index contributed by atoms with van der Waals surface area (Å²) < 4.78 is 20.1. The second kappa shape index (κ2) is 17.5. The summed E-state index contributed by atoms with van der Waals surface area (Å²) in [6, 6.07) is 22.3. The molecule has 2 aliphatic heterocycles. The summed E-state index contributed by atoms with van der Waals surface area (Å²) in [5.74, 6) is 3.14. The summed E-state index contributed by atoms with van der Waals surface area (Å²) in [5, 5.41) is 24.5. The number of aliphatic hydroxyl groups is 1. The minimum Gasteiger partial charge on any atom is -0.493 e. The molecule has 2 heterocycles. The quantitative estimate of drug-likeness (QED) is 0.108. The number of halogens is 1. The first kappa shape index (κ1) is 36.9. The molecule has 0 radical (unpaired) electrons. The van der Waals surface area contributed by atoms with Gasteiger partial charge < -0.3 is 29.3 Å². The molecule has 0 bridgehead atoms. The number of hydrogen-bond donors (Lipinski definition) is 2. The maximum Gasteiger partial charge on any atom is 0.344 e. The normalized spacial score (nSPS) is 23.4. The highest BCUT2D eigenvalue weighted by molar-refractivity contribution is 9.10. The number of rotatable bonds is 17. The van der Waals surface area contributed by atoms with Crippen LogP contribution >= 0.6 is 39.5 Å². The van der Waals surface area contributed by atoms with Crippen molar-refractivity contribution < 1.29 is 34.1 Å². The van der Waals surface area contributed by atoms with Gasteiger partial charge in [-0.15, -0.1) is 0 Å². The van der Waals surface area contributed by atoms with E-state index in [9.17, 15) is 15.0 Å². The summed E-state index contributed by atoms with van der Waals surface area (Å²) in [6.45, 7) is 2.12. The molecule has 0 saturated heterocycles. The van der Waals surface area contributed by atoms with Crippen molar-refractivity contribution >= 4 is 51.1 Å². The molecule has 268 valence electrons. The van der Waals surface area contributed by atoms with Crippen molar-refractivity contribution in [3.63, 3.8) is 0 Å². The Kier molecular flexibility index (Phi) is 12.9. The Morgan fingerprint density at radius 3 is 2.58 bits per heavy atom. The smallest absolute Gasteiger partial charge is 0.344 e. The maximum absolute atomic E-state index is 11.2. The zero-order chi connectivity index (χ0) is 34.9. The number of oxime groups is 1. The van der Waals surface area contributed by atoms with Crippen LogP contribution in [0.15, 0.2) is 76.4 Å². The van der Waals surface area contributed by atoms with Crippen LogP contribution in [0.4, 0.5) is 0 Å². The van der Waals surface area contributed by atoms with Gasteiger partial charge in [0, 0.05) is 48.4 Å². The summed E-state index contributed by atoms with van der Waals surface area (Å²) in [4.78, 5) is 19.0. The number of thioether (sulfide) groups is 2. The van der Waals surface area contributed by atoms with Crippen LogP contribution in [0, 0.1) is 0 Å². The molecule has 0 aromatic heterocycles. The van der Waals surface area contributed by atoms with Crippen molar-refractivity contribution in [2.24, 2.45) is 5.16 Å². The van der Waals surface area contributed by atoms with E-state index in [1.165, 1.54) is 11.1 Å². The fourth-order valence-corrected chi connectivity index (χ4v) is 9.97. The Morgan fingerprint density at radius 1 is 1.08 bits per heavy atom. The fraction of sp³-hybridized carbons (Fsp3) is 0.474. The molecule has 1 saturated carbocycles. The summed E-state index contributed by atoms with van der Waals surface area (Å²) >= 11 is 7.62. The van der Waals surface area contributed by atoms with Crippen LogP contribution < -0.4 is 14.2 Å². The van der Waals surface area contributed by atoms with E-state index < -0.39 is 18.0 Å². The highest BCUT2D eigenvalue weighted by atomic mass is 79.9. The van der Waals surface area contributed by atoms with Gasteiger partial charge in [0.25, 0.3) is 0 Å². The van der Waals surface area contributed by atoms with Crippen LogP contribution in [0.3, 0.4) is 0 Å². The molecule has 1 fully saturated rings. The van der Waals surface area contributed by atoms with Gasteiger partial charge in [-0.2, -0.15) is 23.5 Å². The lowest BCUT2D eigenvalue weighted by Gasteiger charge is -2.46. The van der Waals surface area contributed by atoms with E-state index in [1.807, 2.05) is 59.9 Å². The predicted molar refractivity (Wildman–Crippen MR) is 203 cm³/mol. The molecule has 50 heavy (non-hydrogen) atoms. The molecule has 3 aromatic rings. The van der Waals surface area contributed by atoms with E-state index in [1.54, 1.807) is 0 Å². The van der Waals surface area contributed by atoms with Crippen LogP contribution in [0.5, 0.6) is 17.2 Å². The SMILES string of the molecule is CSCCCN1Cc2cc(OCCCOc3ccccc3)c(Br)c3c2C2(C[C@H]1CO)[C@@H](C/C(=N/OCC(=O)O)C[C@H]2SCc1ccccc1)O3. The minimum absolute atomic E-state index is 0.0302. The largest absolute Gasteiger partial charge is 0.493 e. The van der Waals surface area contributed by atoms with Gasteiger partial charge in [-0.3, -0.25) is 4.90 Å². The van der Waals surface area contributed by atoms with Gasteiger partial charge in [0.1, 0.15) is 27.8 Å². The lowest BCUT2D eigenvalue weighted by molar-refractivity contribution is -0.142. The Morgan fingerprint density at radius 2 is 1.84 bits per heavy atom. The van der Waals surface area contributed by atoms with Gasteiger partial charge in [-0.1, -0.05) is 53.7 Å². The van der Waals surface area contributed by atoms with Crippen molar-refractivity contribution in [2.45, 2.75) is 67.2 Å². The third-order valence-corrected chi connectivity index (χ3v) is 12.6. The highest BCUT2D eigenvalue weighted by Gasteiger charge is 2.60. The fourth-order valence-electron chi connectivity index (χ4n) is 7.47. The molecular weight excluding hydrogens is 740 g/mol. The zero-order valence-electron chi connectivity index (χ0n) is 28.3. The molecule has 6 rings (SSSR count). The Balaban J connectivity index is 1.35. The number of benzene rings is 3. The van der Waals surface area contributed by atoms with E-state index in [2.05, 4.69) is 62.6 Å². The number of carbonyl (C=O) groups is 1. The summed E-state index contributed by atoms with van der Waals surface area (Å²) in [7, 11) is 0. The monoisotopic (exact) mass is 784 g/mol. The molecule has 2 N–H and O–H groups in total. The van der Waals surface area contributed by atoms with Crippen molar-refractivity contribution in [1.29, 1.82) is 0 Å². The molecule has 1 aliphatic carbocycles. The number of hydrogen-bond acceptors (Lipinski definition) is 10. The molecule has 4 atom stereocenters. The average molecular weight is 786 g/mol. The molecule has 3 aliphatic rings. The second-order valence-electron chi connectivity index (χ2n) is 12.9. The molecule has 3 aromatic carbocycles. The topological polar surface area (TPSA) is 110 Å². The van der Waals surface area contributed by atoms with Gasteiger partial charge in [0.05, 0.1) is 30.9 Å². The van der Waals surface area contributed by atoms with Crippen LogP contribution in [0.2, 0.25) is 0 Å². The average Bonchev–Trinajstić information content (AvgIpc) is 3.39. The maximum atomic E-state index is 11.2. The van der Waals surface area contributed by atoms with Crippen LogP contribution in [-0.4, -0.2) is 89.2 Å². The number of aliphatic carboxylic acids is 1. The van der Waals surface area contributed by atoms with Crippen LogP contribution in [-0.2, 0) is 27.3 Å². The lowest BCUT2D eigenvalue weighted by Crippen LogP contribution is -2.55. The standard InChI is InChI=1S/C38H45BrN2O7S2/c1-49-17-8-14-41-22-27-18-31(46-16-9-15-45-30-12-6-3-7-13-30)36(39)37-35(27)38(21-29(41)23-42)32(48-37)19-28(40-47-24-34(43)44)20-33(38)50-25-26-10-4-2-5-11-26/h2-7,10-13,18,29,32-33,42H,8-9,14-17,19-25H2,1H3,(H,43,44)/b40-28-/t29-,32+,33+,38?/m0/s1. The van der Waals surface area contributed by atoms with Gasteiger partial charge in [0.2, 0.25) is 6.61 Å². The minimum atomic E-state index is -1.06. The van der Waals surface area contributed by atoms with E-state index in [0.717, 1.165) is 63.9 Å². The summed E-state index contributed by atoms with van der Waals surface area (Å²) in [5.41, 5.74) is 3.94. The number of para-hydroxylation sites is 1. The Hall–Kier alpha value is -2.90. The van der Waals surface area contributed by atoms with Crippen molar-refractivity contribution in [3.8, 4) is 17.2 Å². The number of carboxylic acids is 1. The zero-order valence-corrected chi connectivity index (χ0v) is 31.5. The lowest BCUT2D eigenvalue weighted by atomic mass is 9.64. The van der Waals surface area contributed by atoms with Crippen LogP contribution in [0.25, 0.3) is 0 Å². The Bertz CT molecular complexity index is 1620. The third kappa shape index (κ3) is 8.41. The van der Waals surface area contributed by atoms with Gasteiger partial charge in [-0.25, -0.2) is 4.79 Å². The summed E-state index contributed by atoms with van der Waals surface area (Å²) in [6.07, 6.45) is 5.44. The highest BCUT2D eigenvalue weighted by Crippen LogP contribution is 2.61. The van der Waals surface area contributed by atoms with E-state index in [0.29, 0.717) is 39.0 Å². The number of nitrogens with zero attached hydrogens (tertiary/aromatic N) is 2. The number of ether oxygens (including phenoxy) is 3. The van der Waals surface area contributed by atoms with E-state index in [4.69, 9.17) is 19.0 Å². The van der Waals surface area contributed by atoms with E-state index in [-0.39, 0.29) is 24.0 Å². The first-order valence-electron chi connectivity index (χ1n) is 17.1. The number of carboxylic acid groups (broad SMARTS) is 1. The number of aliphatic hydroxyl groups excluding tert-OH is 1. The first-order chi connectivity index (χ1) is 24.4. The first-order valence-corrected chi connectivity index (χ1v) is 20.4. The molecular formula is C38H45BrN2O7S2. The van der Waals surface area contributed by atoms with Gasteiger partial charge >= 0.3 is 5.97 Å². The van der Waals surface area contributed by atoms with Crippen molar-refractivity contribution in [3.05, 3.63) is 87.9 Å². The Labute approximate surface area is 311 Å². The van der Waals surface area contributed by atoms with Crippen LogP contribution in [0.1, 0.15) is 48.8 Å². The second-order valence-corrected chi connectivity index (χ2v) is 15.9. The van der Waals surface area contributed by atoms with Gasteiger partial charge in [-0.05, 0) is 76.7 Å². The molecule has 0 amide bonds. The molecule has 12 heteroatoms. The van der Waals surface area contributed by atoms with Gasteiger partial charge in [0.15, 0.2) is 0 Å². The molecule has 1 spiro atoms.